The molecule has 0 aromatic heterocycles. The number of morpholine rings is 1. The van der Waals surface area contributed by atoms with E-state index in [4.69, 9.17) is 4.74 Å². The molecule has 1 saturated carbocycles. The molecule has 0 N–H and O–H groups in total. The van der Waals surface area contributed by atoms with Crippen LogP contribution in [-0.2, 0) is 21.2 Å². The minimum absolute atomic E-state index is 0.0569. The van der Waals surface area contributed by atoms with Gasteiger partial charge in [-0.25, -0.2) is 8.42 Å². The van der Waals surface area contributed by atoms with Gasteiger partial charge in [-0.2, -0.15) is 4.31 Å². The SMILES string of the molecule is O=C1CCCc2ccc(S(=O)(=O)N3CCOCC34CC4)cc21. The first-order valence-electron chi connectivity index (χ1n) is 7.80. The first-order chi connectivity index (χ1) is 10.5. The number of sulfonamides is 1. The molecule has 0 atom stereocenters. The number of Topliss-reactive ketones (excluding diaryl/α,β-unsaturated/α-hetero) is 1. The fourth-order valence-corrected chi connectivity index (χ4v) is 5.35. The Hall–Kier alpha value is -1.24. The van der Waals surface area contributed by atoms with E-state index in [0.29, 0.717) is 31.7 Å². The van der Waals surface area contributed by atoms with Gasteiger partial charge in [0.25, 0.3) is 0 Å². The molecule has 22 heavy (non-hydrogen) atoms. The largest absolute Gasteiger partial charge is 0.378 e. The molecule has 0 radical (unpaired) electrons. The van der Waals surface area contributed by atoms with Gasteiger partial charge in [-0.15, -0.1) is 0 Å². The highest BCUT2D eigenvalue weighted by atomic mass is 32.2. The molecular formula is C16H19NO4S. The molecule has 118 valence electrons. The maximum absolute atomic E-state index is 13.0. The number of carbonyl (C=O) groups excluding carboxylic acids is 1. The number of aryl methyl sites for hydroxylation is 1. The highest BCUT2D eigenvalue weighted by molar-refractivity contribution is 7.89. The molecule has 1 aromatic rings. The van der Waals surface area contributed by atoms with Crippen LogP contribution in [0.3, 0.4) is 0 Å². The zero-order valence-corrected chi connectivity index (χ0v) is 13.2. The van der Waals surface area contributed by atoms with Crippen molar-refractivity contribution >= 4 is 15.8 Å². The molecule has 1 spiro atoms. The fraction of sp³-hybridized carbons (Fsp3) is 0.562. The summed E-state index contributed by atoms with van der Waals surface area (Å²) in [7, 11) is -3.56. The van der Waals surface area contributed by atoms with Crippen molar-refractivity contribution in [1.29, 1.82) is 0 Å². The van der Waals surface area contributed by atoms with Gasteiger partial charge in [0, 0.05) is 18.5 Å². The minimum Gasteiger partial charge on any atom is -0.378 e. The van der Waals surface area contributed by atoms with Crippen molar-refractivity contribution in [1.82, 2.24) is 4.31 Å². The number of ketones is 1. The summed E-state index contributed by atoms with van der Waals surface area (Å²) in [5, 5.41) is 0. The molecule has 2 fully saturated rings. The van der Waals surface area contributed by atoms with Crippen molar-refractivity contribution in [3.8, 4) is 0 Å². The third-order valence-electron chi connectivity index (χ3n) is 4.99. The van der Waals surface area contributed by atoms with Gasteiger partial charge in [-0.05, 0) is 43.4 Å². The van der Waals surface area contributed by atoms with Crippen LogP contribution >= 0.6 is 0 Å². The minimum atomic E-state index is -3.56. The van der Waals surface area contributed by atoms with Crippen LogP contribution in [0.5, 0.6) is 0 Å². The smallest absolute Gasteiger partial charge is 0.243 e. The summed E-state index contributed by atoms with van der Waals surface area (Å²) >= 11 is 0. The van der Waals surface area contributed by atoms with E-state index >= 15 is 0 Å². The summed E-state index contributed by atoms with van der Waals surface area (Å²) in [5.41, 5.74) is 1.22. The van der Waals surface area contributed by atoms with E-state index < -0.39 is 10.0 Å². The van der Waals surface area contributed by atoms with Gasteiger partial charge in [0.2, 0.25) is 10.0 Å². The summed E-state index contributed by atoms with van der Waals surface area (Å²) < 4.78 is 33.0. The van der Waals surface area contributed by atoms with Gasteiger partial charge in [0.05, 0.1) is 23.6 Å². The van der Waals surface area contributed by atoms with Crippen molar-refractivity contribution in [3.63, 3.8) is 0 Å². The molecule has 0 unspecified atom stereocenters. The third-order valence-corrected chi connectivity index (χ3v) is 6.99. The predicted molar refractivity (Wildman–Crippen MR) is 80.4 cm³/mol. The topological polar surface area (TPSA) is 63.7 Å². The zero-order chi connectivity index (χ0) is 15.4. The van der Waals surface area contributed by atoms with Gasteiger partial charge < -0.3 is 4.74 Å². The van der Waals surface area contributed by atoms with Crippen LogP contribution < -0.4 is 0 Å². The fourth-order valence-electron chi connectivity index (χ4n) is 3.53. The standard InChI is InChI=1S/C16H19NO4S/c18-15-3-1-2-12-4-5-13(10-14(12)15)22(19,20)17-8-9-21-11-16(17)6-7-16/h4-5,10H,1-3,6-9,11H2. The molecule has 0 amide bonds. The number of benzene rings is 1. The predicted octanol–water partition coefficient (Wildman–Crippen LogP) is 1.76. The molecule has 5 nitrogen and oxygen atoms in total. The Morgan fingerprint density at radius 1 is 1.18 bits per heavy atom. The lowest BCUT2D eigenvalue weighted by Crippen LogP contribution is -2.50. The number of carbonyl (C=O) groups is 1. The Labute approximate surface area is 130 Å². The third kappa shape index (κ3) is 2.13. The Morgan fingerprint density at radius 2 is 2.00 bits per heavy atom. The highest BCUT2D eigenvalue weighted by Crippen LogP contribution is 2.46. The summed E-state index contributed by atoms with van der Waals surface area (Å²) in [6.07, 6.45) is 3.93. The summed E-state index contributed by atoms with van der Waals surface area (Å²) in [6.45, 7) is 1.31. The summed E-state index contributed by atoms with van der Waals surface area (Å²) in [5.74, 6) is 0.0569. The maximum atomic E-state index is 13.0. The number of hydrogen-bond acceptors (Lipinski definition) is 4. The van der Waals surface area contributed by atoms with E-state index in [1.807, 2.05) is 0 Å². The Bertz CT molecular complexity index is 737. The first kappa shape index (κ1) is 14.4. The molecule has 1 aliphatic heterocycles. The van der Waals surface area contributed by atoms with Crippen LogP contribution in [0.25, 0.3) is 0 Å². The highest BCUT2D eigenvalue weighted by Gasteiger charge is 2.54. The van der Waals surface area contributed by atoms with E-state index in [9.17, 15) is 13.2 Å². The van der Waals surface area contributed by atoms with Crippen LogP contribution in [0.15, 0.2) is 23.1 Å². The second kappa shape index (κ2) is 4.88. The molecule has 6 heteroatoms. The van der Waals surface area contributed by atoms with E-state index in [1.165, 1.54) is 0 Å². The number of nitrogens with zero attached hydrogens (tertiary/aromatic N) is 1. The average Bonchev–Trinajstić information content (AvgIpc) is 3.27. The van der Waals surface area contributed by atoms with Gasteiger partial charge in [0.15, 0.2) is 5.78 Å². The van der Waals surface area contributed by atoms with E-state index in [0.717, 1.165) is 31.2 Å². The molecule has 4 rings (SSSR count). The van der Waals surface area contributed by atoms with E-state index in [1.54, 1.807) is 22.5 Å². The van der Waals surface area contributed by atoms with Gasteiger partial charge in [0.1, 0.15) is 0 Å². The quantitative estimate of drug-likeness (QED) is 0.832. The normalized spacial score (nSPS) is 24.3. The number of rotatable bonds is 2. The maximum Gasteiger partial charge on any atom is 0.243 e. The molecular weight excluding hydrogens is 302 g/mol. The lowest BCUT2D eigenvalue weighted by atomic mass is 9.91. The molecule has 1 heterocycles. The lowest BCUT2D eigenvalue weighted by Gasteiger charge is -2.35. The summed E-state index contributed by atoms with van der Waals surface area (Å²) in [6, 6.07) is 5.04. The number of hydrogen-bond donors (Lipinski definition) is 0. The van der Waals surface area contributed by atoms with Gasteiger partial charge in [-0.1, -0.05) is 6.07 Å². The Kier molecular flexibility index (Phi) is 3.18. The lowest BCUT2D eigenvalue weighted by molar-refractivity contribution is 0.0214. The number of ether oxygens (including phenoxy) is 1. The van der Waals surface area contributed by atoms with Gasteiger partial charge in [-0.3, -0.25) is 4.79 Å². The second-order valence-corrected chi connectivity index (χ2v) is 8.31. The molecule has 0 bridgehead atoms. The zero-order valence-electron chi connectivity index (χ0n) is 12.4. The summed E-state index contributed by atoms with van der Waals surface area (Å²) in [4.78, 5) is 12.3. The average molecular weight is 321 g/mol. The Morgan fingerprint density at radius 3 is 2.77 bits per heavy atom. The monoisotopic (exact) mass is 321 g/mol. The Balaban J connectivity index is 1.74. The second-order valence-electron chi connectivity index (χ2n) is 6.45. The van der Waals surface area contributed by atoms with Gasteiger partial charge >= 0.3 is 0 Å². The van der Waals surface area contributed by atoms with Crippen molar-refractivity contribution in [2.75, 3.05) is 19.8 Å². The van der Waals surface area contributed by atoms with Crippen LogP contribution in [0.2, 0.25) is 0 Å². The molecule has 2 aliphatic carbocycles. The number of fused-ring (bicyclic) bond motifs is 1. The first-order valence-corrected chi connectivity index (χ1v) is 9.24. The molecule has 1 aromatic carbocycles. The van der Waals surface area contributed by atoms with Crippen molar-refractivity contribution in [2.45, 2.75) is 42.5 Å². The van der Waals surface area contributed by atoms with E-state index in [-0.39, 0.29) is 16.2 Å². The van der Waals surface area contributed by atoms with Crippen LogP contribution in [0.1, 0.15) is 41.6 Å². The molecule has 1 saturated heterocycles. The van der Waals surface area contributed by atoms with E-state index in [2.05, 4.69) is 0 Å². The van der Waals surface area contributed by atoms with Crippen LogP contribution in [0.4, 0.5) is 0 Å². The van der Waals surface area contributed by atoms with Crippen LogP contribution in [0, 0.1) is 0 Å². The van der Waals surface area contributed by atoms with Crippen molar-refractivity contribution in [2.24, 2.45) is 0 Å². The van der Waals surface area contributed by atoms with Crippen molar-refractivity contribution in [3.05, 3.63) is 29.3 Å². The molecule has 3 aliphatic rings. The van der Waals surface area contributed by atoms with Crippen molar-refractivity contribution < 1.29 is 17.9 Å². The van der Waals surface area contributed by atoms with Crippen LogP contribution in [-0.4, -0.2) is 43.8 Å².